The number of likely N-dealkylation sites (tertiary alicyclic amines) is 1. The highest BCUT2D eigenvalue weighted by Gasteiger charge is 2.71. The fraction of sp³-hybridized carbons (Fsp3) is 0.611. The Balaban J connectivity index is 2.37. The molecule has 0 aromatic heterocycles. The molecule has 0 radical (unpaired) electrons. The number of unbranched alkanes of at least 4 members (excludes halogenated alkanes) is 1. The largest absolute Gasteiger partial charge is 0.430 e. The molecule has 10 heteroatoms. The molecule has 0 bridgehead atoms. The van der Waals surface area contributed by atoms with Crippen molar-refractivity contribution in [1.82, 2.24) is 4.90 Å². The van der Waals surface area contributed by atoms with Crippen LogP contribution in [-0.2, 0) is 5.60 Å². The molecule has 28 heavy (non-hydrogen) atoms. The zero-order valence-electron chi connectivity index (χ0n) is 15.4. The van der Waals surface area contributed by atoms with Crippen LogP contribution in [0.25, 0.3) is 0 Å². The minimum absolute atomic E-state index is 0.167. The number of alkyl halides is 6. The maximum atomic E-state index is 13.0. The van der Waals surface area contributed by atoms with E-state index in [4.69, 9.17) is 5.41 Å². The third-order valence-corrected chi connectivity index (χ3v) is 4.81. The van der Waals surface area contributed by atoms with Crippen LogP contribution in [0.15, 0.2) is 24.3 Å². The van der Waals surface area contributed by atoms with Gasteiger partial charge in [0, 0.05) is 30.9 Å². The molecule has 0 atom stereocenters. The highest BCUT2D eigenvalue weighted by atomic mass is 19.4. The van der Waals surface area contributed by atoms with Gasteiger partial charge in [-0.1, -0.05) is 25.5 Å². The Hall–Kier alpha value is -1.97. The normalized spacial score (nSPS) is 15.8. The molecule has 1 aromatic carbocycles. The van der Waals surface area contributed by atoms with Crippen molar-refractivity contribution in [2.24, 2.45) is 0 Å². The highest BCUT2D eigenvalue weighted by molar-refractivity contribution is 5.94. The fourth-order valence-electron chi connectivity index (χ4n) is 3.14. The third kappa shape index (κ3) is 4.21. The van der Waals surface area contributed by atoms with E-state index in [1.165, 1.54) is 0 Å². The summed E-state index contributed by atoms with van der Waals surface area (Å²) in [7, 11) is 0. The Morgan fingerprint density at radius 2 is 1.54 bits per heavy atom. The average Bonchev–Trinajstić information content (AvgIpc) is 3.14. The van der Waals surface area contributed by atoms with Gasteiger partial charge in [-0.15, -0.1) is 0 Å². The van der Waals surface area contributed by atoms with Crippen molar-refractivity contribution in [1.29, 1.82) is 5.41 Å². The summed E-state index contributed by atoms with van der Waals surface area (Å²) in [6.45, 7) is 3.71. The van der Waals surface area contributed by atoms with Gasteiger partial charge in [0.1, 0.15) is 0 Å². The number of hydrogen-bond donors (Lipinski definition) is 2. The second-order valence-electron chi connectivity index (χ2n) is 6.78. The number of rotatable bonds is 5. The molecule has 2 N–H and O–H groups in total. The first kappa shape index (κ1) is 22.3. The molecule has 1 aromatic rings. The number of nitrogens with zero attached hydrogens (tertiary/aromatic N) is 2. The predicted octanol–water partition coefficient (Wildman–Crippen LogP) is 4.64. The summed E-state index contributed by atoms with van der Waals surface area (Å²) in [5.74, 6) is 0.167. The number of hydrogen-bond acceptors (Lipinski definition) is 2. The number of aliphatic hydroxyl groups is 1. The number of anilines is 1. The Morgan fingerprint density at radius 3 is 1.96 bits per heavy atom. The Kier molecular flexibility index (Phi) is 6.52. The molecule has 2 rings (SSSR count). The van der Waals surface area contributed by atoms with Gasteiger partial charge in [0.25, 0.3) is 5.60 Å². The van der Waals surface area contributed by atoms with Crippen LogP contribution in [-0.4, -0.2) is 48.0 Å². The van der Waals surface area contributed by atoms with E-state index >= 15 is 0 Å². The monoisotopic (exact) mass is 411 g/mol. The number of guanidine groups is 1. The van der Waals surface area contributed by atoms with E-state index in [2.05, 4.69) is 0 Å². The molecule has 158 valence electrons. The molecule has 1 heterocycles. The van der Waals surface area contributed by atoms with E-state index < -0.39 is 23.5 Å². The molecule has 0 aliphatic carbocycles. The summed E-state index contributed by atoms with van der Waals surface area (Å²) in [5, 5.41) is 17.9. The third-order valence-electron chi connectivity index (χ3n) is 4.81. The summed E-state index contributed by atoms with van der Waals surface area (Å²) in [4.78, 5) is 3.39. The number of halogens is 6. The van der Waals surface area contributed by atoms with Gasteiger partial charge in [-0.3, -0.25) is 5.41 Å². The second kappa shape index (κ2) is 8.18. The molecular weight excluding hydrogens is 388 g/mol. The van der Waals surface area contributed by atoms with E-state index in [9.17, 15) is 31.4 Å². The van der Waals surface area contributed by atoms with Crippen LogP contribution in [0.5, 0.6) is 0 Å². The van der Waals surface area contributed by atoms with Gasteiger partial charge < -0.3 is 14.9 Å². The lowest BCUT2D eigenvalue weighted by molar-refractivity contribution is -0.376. The van der Waals surface area contributed by atoms with E-state index in [1.54, 1.807) is 4.90 Å². The van der Waals surface area contributed by atoms with Crippen molar-refractivity contribution < 1.29 is 31.4 Å². The van der Waals surface area contributed by atoms with Crippen molar-refractivity contribution in [2.45, 2.75) is 50.6 Å². The zero-order chi connectivity index (χ0) is 21.2. The van der Waals surface area contributed by atoms with Gasteiger partial charge in [0.15, 0.2) is 5.96 Å². The topological polar surface area (TPSA) is 50.6 Å². The molecule has 4 nitrogen and oxygen atoms in total. The lowest BCUT2D eigenvalue weighted by Gasteiger charge is -2.34. The maximum absolute atomic E-state index is 13.0. The summed E-state index contributed by atoms with van der Waals surface area (Å²) in [5.41, 5.74) is -5.95. The van der Waals surface area contributed by atoms with Crippen LogP contribution in [0.3, 0.4) is 0 Å². The molecule has 1 aliphatic rings. The molecule has 0 saturated carbocycles. The smallest absolute Gasteiger partial charge is 0.369 e. The lowest BCUT2D eigenvalue weighted by atomic mass is 9.92. The Bertz CT molecular complexity index is 651. The molecule has 0 unspecified atom stereocenters. The summed E-state index contributed by atoms with van der Waals surface area (Å²) >= 11 is 0. The van der Waals surface area contributed by atoms with Crippen molar-refractivity contribution in [3.8, 4) is 0 Å². The van der Waals surface area contributed by atoms with Crippen LogP contribution in [0.2, 0.25) is 0 Å². The van der Waals surface area contributed by atoms with Crippen molar-refractivity contribution in [3.63, 3.8) is 0 Å². The van der Waals surface area contributed by atoms with Gasteiger partial charge in [-0.25, -0.2) is 0 Å². The van der Waals surface area contributed by atoms with Crippen LogP contribution in [0, 0.1) is 5.41 Å². The minimum atomic E-state index is -5.92. The van der Waals surface area contributed by atoms with Gasteiger partial charge in [0.2, 0.25) is 0 Å². The van der Waals surface area contributed by atoms with E-state index in [0.29, 0.717) is 43.9 Å². The number of nitrogens with one attached hydrogen (secondary N) is 1. The van der Waals surface area contributed by atoms with E-state index in [0.717, 1.165) is 31.4 Å². The molecular formula is C18H23F6N3O. The van der Waals surface area contributed by atoms with Crippen LogP contribution < -0.4 is 4.90 Å². The summed E-state index contributed by atoms with van der Waals surface area (Å²) in [6.07, 6.45) is -8.48. The van der Waals surface area contributed by atoms with E-state index in [1.807, 2.05) is 11.8 Å². The molecule has 1 fully saturated rings. The molecule has 0 amide bonds. The Morgan fingerprint density at radius 1 is 1.04 bits per heavy atom. The first-order chi connectivity index (χ1) is 12.9. The Labute approximate surface area is 159 Å². The molecule has 0 spiro atoms. The van der Waals surface area contributed by atoms with Gasteiger partial charge in [-0.2, -0.15) is 26.3 Å². The fourth-order valence-corrected chi connectivity index (χ4v) is 3.14. The van der Waals surface area contributed by atoms with Crippen LogP contribution in [0.4, 0.5) is 32.0 Å². The van der Waals surface area contributed by atoms with Gasteiger partial charge >= 0.3 is 12.4 Å². The SMILES string of the molecule is CCCCN(C(=N)N1CCCC1)c1ccc(C(O)(C(F)(F)F)C(F)(F)F)cc1. The van der Waals surface area contributed by atoms with Crippen LogP contribution in [0.1, 0.15) is 38.2 Å². The highest BCUT2D eigenvalue weighted by Crippen LogP contribution is 2.50. The maximum Gasteiger partial charge on any atom is 0.430 e. The van der Waals surface area contributed by atoms with Crippen molar-refractivity contribution >= 4 is 11.6 Å². The molecule has 1 aliphatic heterocycles. The lowest BCUT2D eigenvalue weighted by Crippen LogP contribution is -2.53. The van der Waals surface area contributed by atoms with Gasteiger partial charge in [0.05, 0.1) is 0 Å². The zero-order valence-corrected chi connectivity index (χ0v) is 15.4. The second-order valence-corrected chi connectivity index (χ2v) is 6.78. The summed E-state index contributed by atoms with van der Waals surface area (Å²) in [6, 6.07) is 3.40. The average molecular weight is 411 g/mol. The first-order valence-electron chi connectivity index (χ1n) is 9.01. The van der Waals surface area contributed by atoms with Gasteiger partial charge in [-0.05, 0) is 31.4 Å². The predicted molar refractivity (Wildman–Crippen MR) is 93.2 cm³/mol. The van der Waals surface area contributed by atoms with Crippen molar-refractivity contribution in [3.05, 3.63) is 29.8 Å². The standard InChI is InChI=1S/C18H23F6N3O/c1-2-3-12-27(15(25)26-10-4-5-11-26)14-8-6-13(7-9-14)16(28,17(19,20)21)18(22,23)24/h6-9,25,28H,2-5,10-12H2,1H3. The van der Waals surface area contributed by atoms with Crippen molar-refractivity contribution in [2.75, 3.05) is 24.5 Å². The quantitative estimate of drug-likeness (QED) is 0.422. The number of benzene rings is 1. The van der Waals surface area contributed by atoms with Crippen LogP contribution >= 0.6 is 0 Å². The van der Waals surface area contributed by atoms with E-state index in [-0.39, 0.29) is 5.96 Å². The first-order valence-corrected chi connectivity index (χ1v) is 9.01. The molecule has 1 saturated heterocycles. The minimum Gasteiger partial charge on any atom is -0.369 e. The summed E-state index contributed by atoms with van der Waals surface area (Å²) < 4.78 is 78.1.